The molecule has 67 heavy (non-hydrogen) atoms. The Labute approximate surface area is 390 Å². The van der Waals surface area contributed by atoms with Crippen molar-refractivity contribution < 1.29 is 9.47 Å². The average molecular weight is 858 g/mol. The molecule has 3 aliphatic carbocycles. The lowest BCUT2D eigenvalue weighted by atomic mass is 9.70. The second kappa shape index (κ2) is 14.1. The highest BCUT2D eigenvalue weighted by molar-refractivity contribution is 5.99. The topological polar surface area (TPSA) is 21.7 Å². The van der Waals surface area contributed by atoms with Gasteiger partial charge in [-0.2, -0.15) is 0 Å². The van der Waals surface area contributed by atoms with E-state index < -0.39 is 5.41 Å². The first-order chi connectivity index (χ1) is 33.0. The zero-order valence-corrected chi connectivity index (χ0v) is 37.1. The molecule has 0 saturated carbocycles. The van der Waals surface area contributed by atoms with Crippen LogP contribution in [0.1, 0.15) is 47.2 Å². The Balaban J connectivity index is 0.912. The third-order valence-corrected chi connectivity index (χ3v) is 15.0. The van der Waals surface area contributed by atoms with Gasteiger partial charge in [-0.1, -0.05) is 178 Å². The van der Waals surface area contributed by atoms with Gasteiger partial charge in [0, 0.05) is 28.0 Å². The average Bonchev–Trinajstić information content (AvgIpc) is 3.94. The van der Waals surface area contributed by atoms with Crippen molar-refractivity contribution in [1.29, 1.82) is 0 Å². The normalized spacial score (nSPS) is 14.3. The van der Waals surface area contributed by atoms with Crippen LogP contribution in [0.5, 0.6) is 23.0 Å². The maximum Gasteiger partial charge on any atom is 0.178 e. The number of benzene rings is 10. The molecule has 3 heteroatoms. The van der Waals surface area contributed by atoms with E-state index >= 15 is 0 Å². The van der Waals surface area contributed by atoms with Gasteiger partial charge in [-0.3, -0.25) is 0 Å². The minimum atomic E-state index is -0.549. The van der Waals surface area contributed by atoms with Crippen molar-refractivity contribution in [3.05, 3.63) is 258 Å². The molecule has 0 unspecified atom stereocenters. The fourth-order valence-corrected chi connectivity index (χ4v) is 11.9. The minimum absolute atomic E-state index is 0.123. The summed E-state index contributed by atoms with van der Waals surface area (Å²) >= 11 is 0. The molecule has 4 aliphatic rings. The summed E-state index contributed by atoms with van der Waals surface area (Å²) < 4.78 is 13.4. The summed E-state index contributed by atoms with van der Waals surface area (Å²) in [5, 5.41) is 0. The number of ether oxygens (including phenoxy) is 2. The van der Waals surface area contributed by atoms with Crippen molar-refractivity contribution in [2.24, 2.45) is 0 Å². The number of para-hydroxylation sites is 2. The van der Waals surface area contributed by atoms with E-state index in [2.05, 4.69) is 219 Å². The van der Waals surface area contributed by atoms with E-state index in [0.29, 0.717) is 0 Å². The van der Waals surface area contributed by atoms with Gasteiger partial charge in [0.2, 0.25) is 0 Å². The highest BCUT2D eigenvalue weighted by Gasteiger charge is 2.53. The van der Waals surface area contributed by atoms with Gasteiger partial charge in [-0.05, 0) is 144 Å². The maximum absolute atomic E-state index is 6.83. The second-order valence-electron chi connectivity index (χ2n) is 18.8. The molecule has 0 N–H and O–H groups in total. The van der Waals surface area contributed by atoms with Gasteiger partial charge >= 0.3 is 0 Å². The molecule has 1 spiro atoms. The van der Waals surface area contributed by atoms with Crippen molar-refractivity contribution in [1.82, 2.24) is 0 Å². The number of hydrogen-bond acceptors (Lipinski definition) is 3. The summed E-state index contributed by atoms with van der Waals surface area (Å²) in [4.78, 5) is 2.40. The fraction of sp³-hybridized carbons (Fsp3) is 0.0625. The Morgan fingerprint density at radius 1 is 0.313 bits per heavy atom. The Hall–Kier alpha value is -8.40. The first-order valence-electron chi connectivity index (χ1n) is 23.2. The quantitative estimate of drug-likeness (QED) is 0.172. The predicted octanol–water partition coefficient (Wildman–Crippen LogP) is 17.0. The number of fused-ring (bicyclic) bond motifs is 16. The third-order valence-electron chi connectivity index (χ3n) is 15.0. The Bertz CT molecular complexity index is 3610. The lowest BCUT2D eigenvalue weighted by Crippen LogP contribution is -2.26. The van der Waals surface area contributed by atoms with Crippen LogP contribution in [0.15, 0.2) is 224 Å². The smallest absolute Gasteiger partial charge is 0.178 e. The second-order valence-corrected chi connectivity index (χ2v) is 18.8. The van der Waals surface area contributed by atoms with Gasteiger partial charge < -0.3 is 14.4 Å². The number of hydrogen-bond donors (Lipinski definition) is 0. The zero-order valence-electron chi connectivity index (χ0n) is 37.1. The van der Waals surface area contributed by atoms with Crippen LogP contribution in [0.2, 0.25) is 0 Å². The van der Waals surface area contributed by atoms with Crippen molar-refractivity contribution in [2.45, 2.75) is 24.7 Å². The lowest BCUT2D eigenvalue weighted by molar-refractivity contribution is 0.360. The van der Waals surface area contributed by atoms with Crippen LogP contribution in [-0.4, -0.2) is 0 Å². The lowest BCUT2D eigenvalue weighted by Gasteiger charge is -2.31. The molecule has 316 valence electrons. The summed E-state index contributed by atoms with van der Waals surface area (Å²) in [7, 11) is 0. The van der Waals surface area contributed by atoms with Crippen molar-refractivity contribution >= 4 is 17.1 Å². The van der Waals surface area contributed by atoms with E-state index in [1.807, 2.05) is 24.3 Å². The van der Waals surface area contributed by atoms with Crippen molar-refractivity contribution in [2.75, 3.05) is 4.90 Å². The SMILES string of the molecule is CC1(C)c2ccccc2-c2ccc(N(c3ccc(-c4ccccc4)cc3)c3ccc(-c4ccc5c(c4)C4(c6ccccc6-c6ccccc64)c4ccc6c(c4-5)Oc4ccccc4O6)cc3)cc21. The third kappa shape index (κ3) is 5.34. The van der Waals surface area contributed by atoms with Crippen LogP contribution in [-0.2, 0) is 10.8 Å². The van der Waals surface area contributed by atoms with E-state index in [9.17, 15) is 0 Å². The molecule has 0 radical (unpaired) electrons. The van der Waals surface area contributed by atoms with Crippen LogP contribution in [0.25, 0.3) is 55.6 Å². The molecule has 0 atom stereocenters. The highest BCUT2D eigenvalue weighted by Crippen LogP contribution is 2.66. The van der Waals surface area contributed by atoms with E-state index in [0.717, 1.165) is 62.3 Å². The molecule has 10 aromatic carbocycles. The standard InChI is InChI=1S/C64H43NO2/c1-63(2)52-19-9-6-16-47(52)50-35-33-46(39-56(50)63)65(44-29-24-41(25-30-44)40-14-4-3-5-15-40)45-31-26-42(27-32-45)43-28-34-51-57(38-43)64(53-20-10-7-17-48(53)49-18-8-11-21-54(49)64)55-36-37-60-62(61(51)55)67-59-23-13-12-22-58(59)66-60/h3-39H,1-2H3. The van der Waals surface area contributed by atoms with E-state index in [1.54, 1.807) is 0 Å². The molecule has 1 aliphatic heterocycles. The predicted molar refractivity (Wildman–Crippen MR) is 272 cm³/mol. The van der Waals surface area contributed by atoms with Crippen LogP contribution in [0.4, 0.5) is 17.1 Å². The van der Waals surface area contributed by atoms with Crippen LogP contribution in [0.3, 0.4) is 0 Å². The van der Waals surface area contributed by atoms with Crippen molar-refractivity contribution in [3.63, 3.8) is 0 Å². The van der Waals surface area contributed by atoms with Gasteiger partial charge in [0.1, 0.15) is 0 Å². The Morgan fingerprint density at radius 3 is 1.48 bits per heavy atom. The summed E-state index contributed by atoms with van der Waals surface area (Å²) in [5.41, 5.74) is 22.5. The Morgan fingerprint density at radius 2 is 0.806 bits per heavy atom. The van der Waals surface area contributed by atoms with Gasteiger partial charge in [-0.25, -0.2) is 0 Å². The van der Waals surface area contributed by atoms with E-state index in [-0.39, 0.29) is 5.41 Å². The molecule has 0 saturated heterocycles. The summed E-state index contributed by atoms with van der Waals surface area (Å²) in [6.45, 7) is 4.71. The summed E-state index contributed by atoms with van der Waals surface area (Å²) in [6.07, 6.45) is 0. The number of nitrogens with zero attached hydrogens (tertiary/aromatic N) is 1. The Kier molecular flexibility index (Phi) is 7.95. The molecular weight excluding hydrogens is 815 g/mol. The number of rotatable bonds is 5. The molecule has 0 amide bonds. The van der Waals surface area contributed by atoms with Gasteiger partial charge in [-0.15, -0.1) is 0 Å². The van der Waals surface area contributed by atoms with Gasteiger partial charge in [0.15, 0.2) is 23.0 Å². The molecule has 0 bridgehead atoms. The van der Waals surface area contributed by atoms with E-state index in [4.69, 9.17) is 9.47 Å². The monoisotopic (exact) mass is 857 g/mol. The van der Waals surface area contributed by atoms with Gasteiger partial charge in [0.05, 0.1) is 5.41 Å². The molecule has 3 nitrogen and oxygen atoms in total. The summed E-state index contributed by atoms with van der Waals surface area (Å²) in [6, 6.07) is 81.9. The maximum atomic E-state index is 6.83. The van der Waals surface area contributed by atoms with Crippen molar-refractivity contribution in [3.8, 4) is 78.6 Å². The minimum Gasteiger partial charge on any atom is -0.449 e. The molecule has 0 fully saturated rings. The summed E-state index contributed by atoms with van der Waals surface area (Å²) in [5.74, 6) is 2.95. The van der Waals surface area contributed by atoms with Crippen LogP contribution >= 0.6 is 0 Å². The molecule has 10 aromatic rings. The number of anilines is 3. The highest BCUT2D eigenvalue weighted by atomic mass is 16.6. The van der Waals surface area contributed by atoms with Crippen LogP contribution in [0, 0.1) is 0 Å². The first-order valence-corrected chi connectivity index (χ1v) is 23.2. The molecular formula is C64H43NO2. The first kappa shape index (κ1) is 37.9. The molecule has 14 rings (SSSR count). The van der Waals surface area contributed by atoms with Gasteiger partial charge in [0.25, 0.3) is 0 Å². The van der Waals surface area contributed by atoms with E-state index in [1.165, 1.54) is 66.8 Å². The van der Waals surface area contributed by atoms with Crippen LogP contribution < -0.4 is 14.4 Å². The largest absolute Gasteiger partial charge is 0.449 e. The molecule has 1 heterocycles. The fourth-order valence-electron chi connectivity index (χ4n) is 11.9. The zero-order chi connectivity index (χ0) is 44.4. The molecule has 0 aromatic heterocycles.